The molecule has 0 spiro atoms. The van der Waals surface area contributed by atoms with Gasteiger partial charge in [-0.3, -0.25) is 4.79 Å². The summed E-state index contributed by atoms with van der Waals surface area (Å²) in [5.41, 5.74) is 2.65. The number of carbonyl (C=O) groups is 1. The van der Waals surface area contributed by atoms with Crippen molar-refractivity contribution in [3.63, 3.8) is 0 Å². The van der Waals surface area contributed by atoms with Gasteiger partial charge in [-0.25, -0.2) is 9.97 Å². The van der Waals surface area contributed by atoms with E-state index in [0.29, 0.717) is 43.5 Å². The van der Waals surface area contributed by atoms with Gasteiger partial charge in [0.2, 0.25) is 0 Å². The molecule has 3 rings (SSSR count). The number of rotatable bonds is 4. The van der Waals surface area contributed by atoms with E-state index in [1.165, 1.54) is 0 Å². The van der Waals surface area contributed by atoms with Gasteiger partial charge >= 0.3 is 0 Å². The third kappa shape index (κ3) is 3.79. The minimum atomic E-state index is -0.0330. The lowest BCUT2D eigenvalue weighted by Crippen LogP contribution is -2.41. The molecule has 0 aliphatic carbocycles. The lowest BCUT2D eigenvalue weighted by molar-refractivity contribution is 0.0303. The quantitative estimate of drug-likeness (QED) is 0.855. The van der Waals surface area contributed by atoms with Crippen molar-refractivity contribution in [1.82, 2.24) is 14.9 Å². The number of anilines is 1. The van der Waals surface area contributed by atoms with Gasteiger partial charge in [-0.2, -0.15) is 0 Å². The first-order valence-electron chi connectivity index (χ1n) is 8.62. The van der Waals surface area contributed by atoms with Gasteiger partial charge < -0.3 is 14.5 Å². The van der Waals surface area contributed by atoms with Crippen LogP contribution in [0.3, 0.4) is 0 Å². The van der Waals surface area contributed by atoms with E-state index in [1.54, 1.807) is 6.20 Å². The summed E-state index contributed by atoms with van der Waals surface area (Å²) >= 11 is 0. The van der Waals surface area contributed by atoms with Crippen molar-refractivity contribution in [1.29, 1.82) is 0 Å². The van der Waals surface area contributed by atoms with E-state index in [1.807, 2.05) is 48.9 Å². The number of aryl methyl sites for hydroxylation is 1. The Morgan fingerprint density at radius 3 is 2.76 bits per heavy atom. The highest BCUT2D eigenvalue weighted by Gasteiger charge is 2.24. The van der Waals surface area contributed by atoms with Crippen LogP contribution in [-0.4, -0.2) is 60.7 Å². The number of hydrogen-bond donors (Lipinski definition) is 0. The smallest absolute Gasteiger partial charge is 0.259 e. The lowest BCUT2D eigenvalue weighted by Gasteiger charge is -2.28. The van der Waals surface area contributed by atoms with Crippen LogP contribution in [0.15, 0.2) is 30.5 Å². The first-order chi connectivity index (χ1) is 12.1. The zero-order valence-electron chi connectivity index (χ0n) is 15.0. The lowest BCUT2D eigenvalue weighted by atomic mass is 10.1. The molecule has 1 amide bonds. The number of carbonyl (C=O) groups excluding carboxylic acids is 1. The molecule has 25 heavy (non-hydrogen) atoms. The van der Waals surface area contributed by atoms with E-state index in [4.69, 9.17) is 9.72 Å². The molecule has 1 aliphatic rings. The number of amides is 1. The Bertz CT molecular complexity index is 757. The summed E-state index contributed by atoms with van der Waals surface area (Å²) < 4.78 is 5.34. The fraction of sp³-hybridized carbons (Fsp3) is 0.421. The van der Waals surface area contributed by atoms with Crippen LogP contribution in [0.25, 0.3) is 11.4 Å². The van der Waals surface area contributed by atoms with Crippen molar-refractivity contribution in [2.24, 2.45) is 0 Å². The molecule has 0 atom stereocenters. The Balaban J connectivity index is 1.99. The van der Waals surface area contributed by atoms with Crippen LogP contribution in [0.4, 0.5) is 5.82 Å². The second kappa shape index (κ2) is 7.61. The van der Waals surface area contributed by atoms with Gasteiger partial charge in [0.25, 0.3) is 5.91 Å². The van der Waals surface area contributed by atoms with E-state index >= 15 is 0 Å². The predicted octanol–water partition coefficient (Wildman–Crippen LogP) is 2.38. The molecule has 0 N–H and O–H groups in total. The highest BCUT2D eigenvalue weighted by Crippen LogP contribution is 2.23. The summed E-state index contributed by atoms with van der Waals surface area (Å²) in [6, 6.07) is 8.07. The molecule has 132 valence electrons. The maximum absolute atomic E-state index is 12.9. The monoisotopic (exact) mass is 340 g/mol. The number of benzene rings is 1. The normalized spacial score (nSPS) is 14.4. The molecule has 0 unspecified atom stereocenters. The van der Waals surface area contributed by atoms with Crippen molar-refractivity contribution >= 4 is 11.7 Å². The maximum Gasteiger partial charge on any atom is 0.259 e. The molecule has 1 aromatic carbocycles. The van der Waals surface area contributed by atoms with E-state index in [2.05, 4.69) is 11.1 Å². The van der Waals surface area contributed by atoms with Crippen LogP contribution >= 0.6 is 0 Å². The Hall–Kier alpha value is -2.47. The first kappa shape index (κ1) is 17.4. The van der Waals surface area contributed by atoms with E-state index in [-0.39, 0.29) is 5.91 Å². The van der Waals surface area contributed by atoms with Gasteiger partial charge in [-0.05, 0) is 19.9 Å². The van der Waals surface area contributed by atoms with Gasteiger partial charge in [-0.1, -0.05) is 23.8 Å². The topological polar surface area (TPSA) is 58.6 Å². The third-order valence-electron chi connectivity index (χ3n) is 4.41. The van der Waals surface area contributed by atoms with Crippen molar-refractivity contribution in [2.45, 2.75) is 13.8 Å². The van der Waals surface area contributed by atoms with Crippen LogP contribution in [0.2, 0.25) is 0 Å². The van der Waals surface area contributed by atoms with Crippen LogP contribution in [0.5, 0.6) is 0 Å². The van der Waals surface area contributed by atoms with Crippen LogP contribution in [0.1, 0.15) is 22.8 Å². The summed E-state index contributed by atoms with van der Waals surface area (Å²) in [5, 5.41) is 0. The van der Waals surface area contributed by atoms with Gasteiger partial charge in [-0.15, -0.1) is 0 Å². The zero-order chi connectivity index (χ0) is 17.8. The van der Waals surface area contributed by atoms with E-state index in [0.717, 1.165) is 17.7 Å². The SMILES string of the molecule is CCN(C)c1nc(-c2cccc(C)c2)ncc1C(=O)N1CCOCC1. The molecule has 0 bridgehead atoms. The summed E-state index contributed by atoms with van der Waals surface area (Å²) in [4.78, 5) is 25.9. The summed E-state index contributed by atoms with van der Waals surface area (Å²) in [6.45, 7) is 7.20. The Labute approximate surface area is 148 Å². The van der Waals surface area contributed by atoms with Gasteiger partial charge in [0.1, 0.15) is 11.4 Å². The molecule has 1 aromatic heterocycles. The fourth-order valence-corrected chi connectivity index (χ4v) is 2.82. The number of morpholine rings is 1. The Morgan fingerprint density at radius 1 is 1.32 bits per heavy atom. The summed E-state index contributed by atoms with van der Waals surface area (Å²) in [7, 11) is 1.94. The van der Waals surface area contributed by atoms with Gasteiger partial charge in [0, 0.05) is 38.4 Å². The highest BCUT2D eigenvalue weighted by molar-refractivity contribution is 5.99. The van der Waals surface area contributed by atoms with Crippen molar-refractivity contribution in [3.05, 3.63) is 41.6 Å². The molecular weight excluding hydrogens is 316 g/mol. The number of hydrogen-bond acceptors (Lipinski definition) is 5. The van der Waals surface area contributed by atoms with Crippen LogP contribution < -0.4 is 4.90 Å². The maximum atomic E-state index is 12.9. The average Bonchev–Trinajstić information content (AvgIpc) is 2.67. The van der Waals surface area contributed by atoms with E-state index < -0.39 is 0 Å². The Kier molecular flexibility index (Phi) is 5.28. The molecule has 6 heteroatoms. The van der Waals surface area contributed by atoms with Crippen molar-refractivity contribution in [2.75, 3.05) is 44.8 Å². The van der Waals surface area contributed by atoms with Crippen molar-refractivity contribution < 1.29 is 9.53 Å². The minimum Gasteiger partial charge on any atom is -0.378 e. The molecule has 6 nitrogen and oxygen atoms in total. The van der Waals surface area contributed by atoms with E-state index in [9.17, 15) is 4.79 Å². The third-order valence-corrected chi connectivity index (χ3v) is 4.41. The molecule has 1 aliphatic heterocycles. The van der Waals surface area contributed by atoms with Crippen molar-refractivity contribution in [3.8, 4) is 11.4 Å². The molecule has 2 heterocycles. The highest BCUT2D eigenvalue weighted by atomic mass is 16.5. The molecule has 2 aromatic rings. The fourth-order valence-electron chi connectivity index (χ4n) is 2.82. The van der Waals surface area contributed by atoms with Gasteiger partial charge in [0.05, 0.1) is 13.2 Å². The number of aromatic nitrogens is 2. The molecular formula is C19H24N4O2. The number of ether oxygens (including phenoxy) is 1. The Morgan fingerprint density at radius 2 is 2.08 bits per heavy atom. The molecule has 0 saturated carbocycles. The standard InChI is InChI=1S/C19H24N4O2/c1-4-22(3)18-16(19(24)23-8-10-25-11-9-23)13-20-17(21-18)15-7-5-6-14(2)12-15/h5-7,12-13H,4,8-11H2,1-3H3. The van der Waals surface area contributed by atoms with Crippen LogP contribution in [-0.2, 0) is 4.74 Å². The largest absolute Gasteiger partial charge is 0.378 e. The second-order valence-corrected chi connectivity index (χ2v) is 6.22. The predicted molar refractivity (Wildman–Crippen MR) is 97.9 cm³/mol. The number of nitrogens with zero attached hydrogens (tertiary/aromatic N) is 4. The molecule has 1 fully saturated rings. The second-order valence-electron chi connectivity index (χ2n) is 6.22. The summed E-state index contributed by atoms with van der Waals surface area (Å²) in [5.74, 6) is 1.28. The average molecular weight is 340 g/mol. The first-order valence-corrected chi connectivity index (χ1v) is 8.62. The molecule has 1 saturated heterocycles. The van der Waals surface area contributed by atoms with Crippen LogP contribution in [0, 0.1) is 6.92 Å². The van der Waals surface area contributed by atoms with Gasteiger partial charge in [0.15, 0.2) is 5.82 Å². The molecule has 0 radical (unpaired) electrons. The minimum absolute atomic E-state index is 0.0330. The summed E-state index contributed by atoms with van der Waals surface area (Å²) in [6.07, 6.45) is 1.66. The zero-order valence-corrected chi connectivity index (χ0v) is 15.0.